The van der Waals surface area contributed by atoms with E-state index in [0.29, 0.717) is 31.2 Å². The number of methoxy groups -OCH3 is 3. The Labute approximate surface area is 170 Å². The van der Waals surface area contributed by atoms with Gasteiger partial charge in [-0.3, -0.25) is 4.57 Å². The van der Waals surface area contributed by atoms with E-state index in [9.17, 15) is 0 Å². The fourth-order valence-electron chi connectivity index (χ4n) is 2.63. The van der Waals surface area contributed by atoms with Crippen molar-refractivity contribution in [1.82, 2.24) is 4.57 Å². The molecule has 0 amide bonds. The Morgan fingerprint density at radius 2 is 1.62 bits per heavy atom. The summed E-state index contributed by atoms with van der Waals surface area (Å²) in [5, 5.41) is 3.08. The van der Waals surface area contributed by atoms with Crippen LogP contribution in [-0.4, -0.2) is 25.9 Å². The van der Waals surface area contributed by atoms with Crippen molar-refractivity contribution in [1.29, 1.82) is 0 Å². The zero-order valence-corrected chi connectivity index (χ0v) is 17.4. The maximum absolute atomic E-state index is 6.40. The lowest BCUT2D eigenvalue weighted by Gasteiger charge is -2.16. The van der Waals surface area contributed by atoms with Crippen molar-refractivity contribution in [3.8, 4) is 34.2 Å². The molecule has 1 aromatic heterocycles. The molecule has 0 aliphatic heterocycles. The van der Waals surface area contributed by atoms with Crippen LogP contribution in [0.1, 0.15) is 0 Å². The fraction of sp³-hybridized carbons (Fsp3) is 0.167. The first-order valence-corrected chi connectivity index (χ1v) is 9.51. The van der Waals surface area contributed by atoms with E-state index in [1.165, 1.54) is 11.3 Å². The lowest BCUT2D eigenvalue weighted by atomic mass is 10.1. The van der Waals surface area contributed by atoms with Gasteiger partial charge in [-0.1, -0.05) is 23.2 Å². The van der Waals surface area contributed by atoms with Crippen LogP contribution in [0.15, 0.2) is 35.7 Å². The Morgan fingerprint density at radius 3 is 2.15 bits per heavy atom. The van der Waals surface area contributed by atoms with Gasteiger partial charge in [0.05, 0.1) is 37.7 Å². The highest BCUT2D eigenvalue weighted by Crippen LogP contribution is 2.41. The molecule has 0 unspecified atom stereocenters. The molecule has 0 spiro atoms. The number of halogens is 2. The lowest BCUT2D eigenvalue weighted by molar-refractivity contribution is 0.324. The molecular weight excluding hydrogens is 413 g/mol. The van der Waals surface area contributed by atoms with Gasteiger partial charge in [-0.15, -0.1) is 11.3 Å². The number of ether oxygens (including phenoxy) is 3. The summed E-state index contributed by atoms with van der Waals surface area (Å²) in [5.41, 5.74) is 2.47. The molecule has 3 aromatic rings. The van der Waals surface area contributed by atoms with Crippen molar-refractivity contribution in [2.24, 2.45) is 0 Å². The van der Waals surface area contributed by atoms with Gasteiger partial charge in [0.25, 0.3) is 0 Å². The normalized spacial score (nSPS) is 10.7. The van der Waals surface area contributed by atoms with E-state index in [2.05, 4.69) is 0 Å². The van der Waals surface area contributed by atoms with Crippen molar-refractivity contribution in [3.05, 3.63) is 49.7 Å². The Hall–Kier alpha value is -1.73. The highest BCUT2D eigenvalue weighted by molar-refractivity contribution is 7.73. The quantitative estimate of drug-likeness (QED) is 0.449. The van der Waals surface area contributed by atoms with Gasteiger partial charge in [-0.25, -0.2) is 0 Å². The molecule has 0 saturated carbocycles. The molecule has 26 heavy (non-hydrogen) atoms. The highest BCUT2D eigenvalue weighted by Gasteiger charge is 2.18. The molecule has 1 heterocycles. The Kier molecular flexibility index (Phi) is 5.77. The zero-order valence-electron chi connectivity index (χ0n) is 14.2. The summed E-state index contributed by atoms with van der Waals surface area (Å²) in [5.74, 6) is 1.61. The molecule has 0 radical (unpaired) electrons. The number of nitrogens with zero attached hydrogens (tertiary/aromatic N) is 1. The standard InChI is InChI=1S/C18H15Cl2NO3S2/c1-22-15-7-11(8-16(23-2)17(15)24-3)21-14(9-26-18(21)25)12-5-4-10(19)6-13(12)20/h4-9H,1-3H3. The van der Waals surface area contributed by atoms with Gasteiger partial charge in [-0.2, -0.15) is 0 Å². The zero-order chi connectivity index (χ0) is 18.8. The smallest absolute Gasteiger partial charge is 0.203 e. The Balaban J connectivity index is 2.26. The number of rotatable bonds is 5. The van der Waals surface area contributed by atoms with Gasteiger partial charge in [-0.05, 0) is 30.4 Å². The second kappa shape index (κ2) is 7.88. The number of aromatic nitrogens is 1. The van der Waals surface area contributed by atoms with E-state index in [4.69, 9.17) is 49.6 Å². The van der Waals surface area contributed by atoms with Crippen LogP contribution in [0.2, 0.25) is 10.0 Å². The van der Waals surface area contributed by atoms with Crippen LogP contribution in [0.4, 0.5) is 0 Å². The van der Waals surface area contributed by atoms with Crippen LogP contribution in [0, 0.1) is 3.95 Å². The molecule has 0 aliphatic carbocycles. The maximum Gasteiger partial charge on any atom is 0.203 e. The van der Waals surface area contributed by atoms with Gasteiger partial charge in [0.2, 0.25) is 5.75 Å². The summed E-state index contributed by atoms with van der Waals surface area (Å²) in [6.45, 7) is 0. The molecule has 0 saturated heterocycles. The first kappa shape index (κ1) is 19.0. The van der Waals surface area contributed by atoms with E-state index in [-0.39, 0.29) is 0 Å². The minimum absolute atomic E-state index is 0.520. The van der Waals surface area contributed by atoms with E-state index in [1.807, 2.05) is 28.1 Å². The van der Waals surface area contributed by atoms with Crippen LogP contribution >= 0.6 is 46.8 Å². The average Bonchev–Trinajstić information content (AvgIpc) is 3.01. The third-order valence-electron chi connectivity index (χ3n) is 3.81. The summed E-state index contributed by atoms with van der Waals surface area (Å²) in [7, 11) is 4.71. The van der Waals surface area contributed by atoms with Crippen LogP contribution in [0.3, 0.4) is 0 Å². The Bertz CT molecular complexity index is 989. The van der Waals surface area contributed by atoms with Gasteiger partial charge in [0.15, 0.2) is 15.5 Å². The minimum Gasteiger partial charge on any atom is -0.493 e. The number of hydrogen-bond acceptors (Lipinski definition) is 5. The first-order chi connectivity index (χ1) is 12.5. The second-order valence-electron chi connectivity index (χ2n) is 5.23. The van der Waals surface area contributed by atoms with Crippen molar-refractivity contribution < 1.29 is 14.2 Å². The topological polar surface area (TPSA) is 32.6 Å². The molecule has 0 N–H and O–H groups in total. The summed E-state index contributed by atoms with van der Waals surface area (Å²) in [6, 6.07) is 9.06. The average molecular weight is 428 g/mol. The molecule has 2 aromatic carbocycles. The Morgan fingerprint density at radius 1 is 0.962 bits per heavy atom. The van der Waals surface area contributed by atoms with E-state index in [1.54, 1.807) is 33.5 Å². The van der Waals surface area contributed by atoms with Gasteiger partial charge in [0, 0.05) is 28.1 Å². The molecule has 3 rings (SSSR count). The van der Waals surface area contributed by atoms with Crippen molar-refractivity contribution >= 4 is 46.8 Å². The van der Waals surface area contributed by atoms with Crippen LogP contribution in [-0.2, 0) is 0 Å². The number of thiazole rings is 1. The maximum atomic E-state index is 6.40. The lowest BCUT2D eigenvalue weighted by Crippen LogP contribution is -2.01. The molecule has 8 heteroatoms. The minimum atomic E-state index is 0.520. The molecule has 136 valence electrons. The predicted octanol–water partition coefficient (Wildman–Crippen LogP) is 6.27. The van der Waals surface area contributed by atoms with E-state index >= 15 is 0 Å². The highest BCUT2D eigenvalue weighted by atomic mass is 35.5. The summed E-state index contributed by atoms with van der Waals surface area (Å²) in [6.07, 6.45) is 0. The number of benzene rings is 2. The van der Waals surface area contributed by atoms with Crippen LogP contribution in [0.5, 0.6) is 17.2 Å². The summed E-state index contributed by atoms with van der Waals surface area (Å²) in [4.78, 5) is 0. The molecule has 0 bridgehead atoms. The summed E-state index contributed by atoms with van der Waals surface area (Å²) >= 11 is 19.4. The van der Waals surface area contributed by atoms with Crippen molar-refractivity contribution in [2.75, 3.05) is 21.3 Å². The van der Waals surface area contributed by atoms with Crippen molar-refractivity contribution in [2.45, 2.75) is 0 Å². The molecule has 0 aliphatic rings. The van der Waals surface area contributed by atoms with Gasteiger partial charge in [0.1, 0.15) is 0 Å². The molecular formula is C18H15Cl2NO3S2. The third kappa shape index (κ3) is 3.42. The van der Waals surface area contributed by atoms with E-state index in [0.717, 1.165) is 16.9 Å². The SMILES string of the molecule is COc1cc(-n2c(-c3ccc(Cl)cc3Cl)csc2=S)cc(OC)c1OC. The summed E-state index contributed by atoms with van der Waals surface area (Å²) < 4.78 is 18.9. The van der Waals surface area contributed by atoms with Crippen LogP contribution < -0.4 is 14.2 Å². The monoisotopic (exact) mass is 427 g/mol. The number of hydrogen-bond donors (Lipinski definition) is 0. The molecule has 0 fully saturated rings. The molecule has 4 nitrogen and oxygen atoms in total. The predicted molar refractivity (Wildman–Crippen MR) is 110 cm³/mol. The van der Waals surface area contributed by atoms with Gasteiger partial charge >= 0.3 is 0 Å². The van der Waals surface area contributed by atoms with Gasteiger partial charge < -0.3 is 14.2 Å². The molecule has 0 atom stereocenters. The largest absolute Gasteiger partial charge is 0.493 e. The van der Waals surface area contributed by atoms with Crippen LogP contribution in [0.25, 0.3) is 16.9 Å². The second-order valence-corrected chi connectivity index (χ2v) is 7.58. The first-order valence-electron chi connectivity index (χ1n) is 7.46. The fourth-order valence-corrected chi connectivity index (χ4v) is 4.24. The third-order valence-corrected chi connectivity index (χ3v) is 5.55. The van der Waals surface area contributed by atoms with E-state index < -0.39 is 0 Å². The van der Waals surface area contributed by atoms with Crippen molar-refractivity contribution in [3.63, 3.8) is 0 Å².